The van der Waals surface area contributed by atoms with E-state index in [1.54, 1.807) is 30.5 Å². The summed E-state index contributed by atoms with van der Waals surface area (Å²) in [6, 6.07) is 8.83. The van der Waals surface area contributed by atoms with Crippen molar-refractivity contribution in [3.8, 4) is 0 Å². The van der Waals surface area contributed by atoms with E-state index in [1.807, 2.05) is 19.9 Å². The van der Waals surface area contributed by atoms with Gasteiger partial charge >= 0.3 is 0 Å². The Morgan fingerprint density at radius 2 is 1.91 bits per heavy atom. The predicted octanol–water partition coefficient (Wildman–Crippen LogP) is 5.94. The molecule has 0 spiro atoms. The van der Waals surface area contributed by atoms with Gasteiger partial charge in [0.25, 0.3) is 5.91 Å². The lowest BCUT2D eigenvalue weighted by molar-refractivity contribution is -0.118. The molecule has 1 aliphatic carbocycles. The molecule has 2 heterocycles. The van der Waals surface area contributed by atoms with E-state index >= 15 is 0 Å². The van der Waals surface area contributed by atoms with Crippen LogP contribution in [0.15, 0.2) is 59.1 Å². The van der Waals surface area contributed by atoms with Gasteiger partial charge in [-0.2, -0.15) is 0 Å². The van der Waals surface area contributed by atoms with Crippen LogP contribution in [-0.4, -0.2) is 16.7 Å². The number of benzene rings is 1. The van der Waals surface area contributed by atoms with Gasteiger partial charge in [-0.1, -0.05) is 43.1 Å². The molecule has 7 heteroatoms. The Kier molecular flexibility index (Phi) is 5.91. The Bertz CT molecular complexity index is 1200. The molecule has 0 radical (unpaired) electrons. The van der Waals surface area contributed by atoms with Gasteiger partial charge in [0.05, 0.1) is 0 Å². The lowest BCUT2D eigenvalue weighted by Gasteiger charge is -2.39. The van der Waals surface area contributed by atoms with Crippen molar-refractivity contribution in [3.05, 3.63) is 80.2 Å². The summed E-state index contributed by atoms with van der Waals surface area (Å²) in [5.74, 6) is -0.448. The number of carbonyl (C=O) groups is 2. The van der Waals surface area contributed by atoms with Gasteiger partial charge in [0.1, 0.15) is 5.82 Å². The summed E-state index contributed by atoms with van der Waals surface area (Å²) >= 11 is 12.7. The van der Waals surface area contributed by atoms with Crippen LogP contribution < -0.4 is 10.6 Å². The average Bonchev–Trinajstić information content (AvgIpc) is 2.66. The molecule has 2 aromatic rings. The first-order valence-corrected chi connectivity index (χ1v) is 11.2. The smallest absolute Gasteiger partial charge is 0.255 e. The highest BCUT2D eigenvalue weighted by Crippen LogP contribution is 2.48. The van der Waals surface area contributed by atoms with E-state index in [-0.39, 0.29) is 17.1 Å². The first-order valence-electron chi connectivity index (χ1n) is 10.5. The first kappa shape index (κ1) is 22.6. The van der Waals surface area contributed by atoms with Crippen LogP contribution in [0.3, 0.4) is 0 Å². The number of dihydropyridines is 1. The highest BCUT2D eigenvalue weighted by Gasteiger charge is 2.43. The Morgan fingerprint density at radius 1 is 1.16 bits per heavy atom. The van der Waals surface area contributed by atoms with Crippen LogP contribution in [0.25, 0.3) is 0 Å². The van der Waals surface area contributed by atoms with E-state index in [0.717, 1.165) is 11.3 Å². The van der Waals surface area contributed by atoms with E-state index < -0.39 is 5.92 Å². The first-order chi connectivity index (χ1) is 15.1. The number of aromatic nitrogens is 1. The molecule has 166 valence electrons. The summed E-state index contributed by atoms with van der Waals surface area (Å²) in [4.78, 5) is 31.1. The van der Waals surface area contributed by atoms with Crippen molar-refractivity contribution in [2.24, 2.45) is 5.41 Å². The van der Waals surface area contributed by atoms with Gasteiger partial charge in [0, 0.05) is 51.1 Å². The van der Waals surface area contributed by atoms with Crippen LogP contribution in [-0.2, 0) is 9.59 Å². The van der Waals surface area contributed by atoms with Gasteiger partial charge < -0.3 is 10.6 Å². The maximum absolute atomic E-state index is 13.5. The van der Waals surface area contributed by atoms with Crippen molar-refractivity contribution in [3.63, 3.8) is 0 Å². The maximum atomic E-state index is 13.5. The van der Waals surface area contributed by atoms with Crippen LogP contribution in [0.2, 0.25) is 10.0 Å². The number of hydrogen-bond donors (Lipinski definition) is 2. The lowest BCUT2D eigenvalue weighted by atomic mass is 9.68. The zero-order valence-electron chi connectivity index (χ0n) is 18.5. The standard InChI is InChI=1S/C25H25Cl2N3O2/c1-13-7-8-28-20(9-13)30-24(32)21-14(2)29-18-11-25(3,4)12-19(31)23(18)22(21)16-6-5-15(26)10-17(16)27/h5-10,22,29H,11-12H2,1-4H3,(H,28,30,32)/t22-/m1/s1. The van der Waals surface area contributed by atoms with E-state index in [1.165, 1.54) is 0 Å². The molecule has 1 aromatic heterocycles. The molecule has 0 fully saturated rings. The molecule has 0 saturated heterocycles. The zero-order valence-corrected chi connectivity index (χ0v) is 20.0. The van der Waals surface area contributed by atoms with Gasteiger partial charge in [0.15, 0.2) is 5.78 Å². The number of anilines is 1. The number of halogens is 2. The summed E-state index contributed by atoms with van der Waals surface area (Å²) in [5, 5.41) is 7.15. The second-order valence-corrected chi connectivity index (χ2v) is 10.1. The van der Waals surface area contributed by atoms with E-state index in [4.69, 9.17) is 23.2 Å². The molecule has 0 unspecified atom stereocenters. The van der Waals surface area contributed by atoms with Gasteiger partial charge in [0.2, 0.25) is 0 Å². The SMILES string of the molecule is CC1=C(C(=O)Nc2cc(C)ccn2)[C@@H](c2ccc(Cl)cc2Cl)C2=C(CC(C)(C)CC2=O)N1. The number of aryl methyl sites for hydroxylation is 1. The molecule has 2 N–H and O–H groups in total. The number of pyridine rings is 1. The predicted molar refractivity (Wildman–Crippen MR) is 128 cm³/mol. The van der Waals surface area contributed by atoms with Crippen molar-refractivity contribution in [2.75, 3.05) is 5.32 Å². The number of rotatable bonds is 3. The molecule has 5 nitrogen and oxygen atoms in total. The molecule has 4 rings (SSSR count). The largest absolute Gasteiger partial charge is 0.362 e. The van der Waals surface area contributed by atoms with E-state index in [2.05, 4.69) is 29.5 Å². The Labute approximate surface area is 197 Å². The van der Waals surface area contributed by atoms with Gasteiger partial charge in [-0.25, -0.2) is 4.98 Å². The molecule has 2 aliphatic rings. The summed E-state index contributed by atoms with van der Waals surface area (Å²) in [5.41, 5.74) is 4.09. The van der Waals surface area contributed by atoms with Crippen molar-refractivity contribution < 1.29 is 9.59 Å². The van der Waals surface area contributed by atoms with Crippen LogP contribution in [0.5, 0.6) is 0 Å². The number of allylic oxidation sites excluding steroid dienone is 3. The maximum Gasteiger partial charge on any atom is 0.255 e. The summed E-state index contributed by atoms with van der Waals surface area (Å²) in [6.07, 6.45) is 2.76. The summed E-state index contributed by atoms with van der Waals surface area (Å²) in [6.45, 7) is 7.93. The topological polar surface area (TPSA) is 71.1 Å². The molecule has 32 heavy (non-hydrogen) atoms. The van der Waals surface area contributed by atoms with Gasteiger partial charge in [-0.3, -0.25) is 9.59 Å². The van der Waals surface area contributed by atoms with Crippen LogP contribution >= 0.6 is 23.2 Å². The highest BCUT2D eigenvalue weighted by atomic mass is 35.5. The monoisotopic (exact) mass is 469 g/mol. The van der Waals surface area contributed by atoms with Crippen molar-refractivity contribution in [1.82, 2.24) is 10.3 Å². The number of nitrogens with zero attached hydrogens (tertiary/aromatic N) is 1. The second-order valence-electron chi connectivity index (χ2n) is 9.27. The molecule has 1 aliphatic heterocycles. The fraction of sp³-hybridized carbons (Fsp3) is 0.320. The highest BCUT2D eigenvalue weighted by molar-refractivity contribution is 6.35. The molecule has 1 amide bonds. The number of ketones is 1. The minimum Gasteiger partial charge on any atom is -0.362 e. The quantitative estimate of drug-likeness (QED) is 0.583. The molecular weight excluding hydrogens is 445 g/mol. The Morgan fingerprint density at radius 3 is 2.59 bits per heavy atom. The third-order valence-corrected chi connectivity index (χ3v) is 6.48. The molecular formula is C25H25Cl2N3O2. The number of carbonyl (C=O) groups excluding carboxylic acids is 2. The van der Waals surface area contributed by atoms with Crippen LogP contribution in [0, 0.1) is 12.3 Å². The van der Waals surface area contributed by atoms with Crippen LogP contribution in [0.1, 0.15) is 50.7 Å². The second kappa shape index (κ2) is 8.38. The molecule has 0 bridgehead atoms. The molecule has 0 saturated carbocycles. The Hall–Kier alpha value is -2.63. The number of hydrogen-bond acceptors (Lipinski definition) is 4. The van der Waals surface area contributed by atoms with Crippen molar-refractivity contribution in [2.45, 2.75) is 46.5 Å². The fourth-order valence-corrected chi connectivity index (χ4v) is 5.09. The lowest BCUT2D eigenvalue weighted by Crippen LogP contribution is -2.39. The zero-order chi connectivity index (χ0) is 23.2. The number of Topliss-reactive ketones (excluding diaryl/α,β-unsaturated/α-hetero) is 1. The van der Waals surface area contributed by atoms with E-state index in [9.17, 15) is 9.59 Å². The average molecular weight is 470 g/mol. The normalized spacial score (nSPS) is 20.1. The van der Waals surface area contributed by atoms with Crippen molar-refractivity contribution in [1.29, 1.82) is 0 Å². The van der Waals surface area contributed by atoms with Crippen LogP contribution in [0.4, 0.5) is 5.82 Å². The van der Waals surface area contributed by atoms with Gasteiger partial charge in [-0.15, -0.1) is 0 Å². The summed E-state index contributed by atoms with van der Waals surface area (Å²) < 4.78 is 0. The minimum absolute atomic E-state index is 0.0197. The minimum atomic E-state index is -0.593. The molecule has 1 aromatic carbocycles. The van der Waals surface area contributed by atoms with Gasteiger partial charge in [-0.05, 0) is 61.1 Å². The number of amides is 1. The number of nitrogens with one attached hydrogen (secondary N) is 2. The van der Waals surface area contributed by atoms with E-state index in [0.29, 0.717) is 51.1 Å². The molecule has 1 atom stereocenters. The van der Waals surface area contributed by atoms with Crippen molar-refractivity contribution >= 4 is 40.7 Å². The fourth-order valence-electron chi connectivity index (χ4n) is 4.57. The Balaban J connectivity index is 1.84. The third kappa shape index (κ3) is 4.32. The summed E-state index contributed by atoms with van der Waals surface area (Å²) in [7, 11) is 0. The third-order valence-electron chi connectivity index (χ3n) is 5.91.